The van der Waals surface area contributed by atoms with Crippen LogP contribution in [0, 0.1) is 0 Å². The number of rotatable bonds is 3. The van der Waals surface area contributed by atoms with Gasteiger partial charge in [-0.1, -0.05) is 12.8 Å². The molecule has 4 rings (SSSR count). The lowest BCUT2D eigenvalue weighted by Gasteiger charge is -2.09. The molecule has 0 aromatic carbocycles. The average Bonchev–Trinajstić information content (AvgIpc) is 2.78. The van der Waals surface area contributed by atoms with Crippen LogP contribution in [-0.2, 0) is 37.0 Å². The molecule has 0 spiro atoms. The number of nitrogens with one attached hydrogen (secondary N) is 1. The number of carbonyl (C=O) groups excluding carboxylic acids is 1. The van der Waals surface area contributed by atoms with Gasteiger partial charge < -0.3 is 5.32 Å². The summed E-state index contributed by atoms with van der Waals surface area (Å²) in [6, 6.07) is 1.66. The predicted molar refractivity (Wildman–Crippen MR) is 102 cm³/mol. The first-order valence-electron chi connectivity index (χ1n) is 9.57. The molecule has 0 bridgehead atoms. The quantitative estimate of drug-likeness (QED) is 0.841. The Labute approximate surface area is 156 Å². The zero-order chi connectivity index (χ0) is 17.9. The summed E-state index contributed by atoms with van der Waals surface area (Å²) in [5, 5.41) is 7.96. The van der Waals surface area contributed by atoms with E-state index in [0.29, 0.717) is 5.13 Å². The number of carbonyl (C=O) groups is 1. The normalized spacial score (nSPS) is 16.9. The molecule has 2 heterocycles. The lowest BCUT2D eigenvalue weighted by molar-refractivity contribution is -0.117. The zero-order valence-corrected chi connectivity index (χ0v) is 15.7. The van der Waals surface area contributed by atoms with E-state index in [1.165, 1.54) is 35.2 Å². The van der Waals surface area contributed by atoms with Gasteiger partial charge in [-0.25, -0.2) is 9.67 Å². The monoisotopic (exact) mass is 372 g/mol. The van der Waals surface area contributed by atoms with E-state index < -0.39 is 0 Å². The minimum Gasteiger partial charge on any atom is -0.300 e. The van der Waals surface area contributed by atoms with Crippen molar-refractivity contribution >= 4 is 22.4 Å². The van der Waals surface area contributed by atoms with Crippen LogP contribution in [0.4, 0.5) is 5.13 Å². The third-order valence-corrected chi connectivity index (χ3v) is 6.23. The molecule has 0 saturated heterocycles. The van der Waals surface area contributed by atoms with Crippen LogP contribution in [0.1, 0.15) is 60.4 Å². The van der Waals surface area contributed by atoms with Gasteiger partial charge in [0.1, 0.15) is 6.54 Å². The standard InChI is InChI=1S/C19H24N4O2S/c24-17(21-19-20-15-9-5-2-6-10-16(15)26-19)12-23-18(25)11-13-7-3-1-4-8-14(13)22-23/h11H,1-10,12H2,(H,20,21,24). The molecular weight excluding hydrogens is 348 g/mol. The number of anilines is 1. The van der Waals surface area contributed by atoms with Crippen molar-refractivity contribution in [2.45, 2.75) is 70.8 Å². The molecule has 2 aliphatic carbocycles. The molecule has 6 nitrogen and oxygen atoms in total. The molecular formula is C19H24N4O2S. The zero-order valence-electron chi connectivity index (χ0n) is 14.9. The third-order valence-electron chi connectivity index (χ3n) is 5.16. The summed E-state index contributed by atoms with van der Waals surface area (Å²) in [4.78, 5) is 30.6. The molecule has 26 heavy (non-hydrogen) atoms. The maximum absolute atomic E-state index is 12.4. The van der Waals surface area contributed by atoms with Gasteiger partial charge in [0.25, 0.3) is 5.56 Å². The van der Waals surface area contributed by atoms with Crippen LogP contribution in [0.25, 0.3) is 0 Å². The van der Waals surface area contributed by atoms with Gasteiger partial charge in [-0.05, 0) is 56.9 Å². The van der Waals surface area contributed by atoms with Crippen LogP contribution >= 0.6 is 11.3 Å². The molecule has 0 aliphatic heterocycles. The first-order chi connectivity index (χ1) is 12.7. The summed E-state index contributed by atoms with van der Waals surface area (Å²) in [5.74, 6) is -0.239. The molecule has 2 aromatic heterocycles. The molecule has 1 N–H and O–H groups in total. The van der Waals surface area contributed by atoms with Crippen molar-refractivity contribution in [1.82, 2.24) is 14.8 Å². The van der Waals surface area contributed by atoms with Crippen molar-refractivity contribution in [3.8, 4) is 0 Å². The number of hydrogen-bond acceptors (Lipinski definition) is 5. The van der Waals surface area contributed by atoms with Crippen LogP contribution in [0.2, 0.25) is 0 Å². The number of thiazole rings is 1. The minimum atomic E-state index is -0.239. The summed E-state index contributed by atoms with van der Waals surface area (Å²) in [6.07, 6.45) is 10.8. The van der Waals surface area contributed by atoms with Crippen LogP contribution < -0.4 is 10.9 Å². The van der Waals surface area contributed by atoms with E-state index in [2.05, 4.69) is 15.4 Å². The molecule has 7 heteroatoms. The lowest BCUT2D eigenvalue weighted by atomic mass is 10.1. The fourth-order valence-corrected chi connectivity index (χ4v) is 4.83. The molecule has 0 radical (unpaired) electrons. The Bertz CT molecular complexity index is 847. The minimum absolute atomic E-state index is 0.0592. The van der Waals surface area contributed by atoms with Gasteiger partial charge in [0.2, 0.25) is 5.91 Å². The van der Waals surface area contributed by atoms with Gasteiger partial charge in [-0.2, -0.15) is 5.10 Å². The van der Waals surface area contributed by atoms with Crippen molar-refractivity contribution in [3.63, 3.8) is 0 Å². The number of fused-ring (bicyclic) bond motifs is 2. The second-order valence-corrected chi connectivity index (χ2v) is 8.25. The van der Waals surface area contributed by atoms with Crippen molar-refractivity contribution in [2.24, 2.45) is 0 Å². The number of aromatic nitrogens is 3. The summed E-state index contributed by atoms with van der Waals surface area (Å²) in [7, 11) is 0. The van der Waals surface area contributed by atoms with Crippen molar-refractivity contribution in [3.05, 3.63) is 38.2 Å². The molecule has 0 fully saturated rings. The maximum Gasteiger partial charge on any atom is 0.267 e. The summed E-state index contributed by atoms with van der Waals surface area (Å²) >= 11 is 1.57. The Hall–Kier alpha value is -2.02. The fraction of sp³-hybridized carbons (Fsp3) is 0.579. The highest BCUT2D eigenvalue weighted by atomic mass is 32.1. The summed E-state index contributed by atoms with van der Waals surface area (Å²) < 4.78 is 1.29. The number of hydrogen-bond donors (Lipinski definition) is 1. The Balaban J connectivity index is 1.47. The van der Waals surface area contributed by atoms with Gasteiger partial charge in [0, 0.05) is 10.9 Å². The number of nitrogens with zero attached hydrogens (tertiary/aromatic N) is 3. The molecule has 1 amide bonds. The van der Waals surface area contributed by atoms with E-state index in [1.54, 1.807) is 17.4 Å². The Morgan fingerprint density at radius 1 is 1.04 bits per heavy atom. The van der Waals surface area contributed by atoms with Crippen LogP contribution in [0.15, 0.2) is 10.9 Å². The predicted octanol–water partition coefficient (Wildman–Crippen LogP) is 2.88. The highest BCUT2D eigenvalue weighted by molar-refractivity contribution is 7.15. The van der Waals surface area contributed by atoms with Gasteiger partial charge in [0.15, 0.2) is 5.13 Å². The van der Waals surface area contributed by atoms with Crippen LogP contribution in [-0.4, -0.2) is 20.7 Å². The second-order valence-electron chi connectivity index (χ2n) is 7.17. The molecule has 2 aromatic rings. The van der Waals surface area contributed by atoms with Crippen molar-refractivity contribution in [1.29, 1.82) is 0 Å². The van der Waals surface area contributed by atoms with E-state index >= 15 is 0 Å². The molecule has 138 valence electrons. The Morgan fingerprint density at radius 3 is 2.62 bits per heavy atom. The van der Waals surface area contributed by atoms with E-state index in [1.807, 2.05) is 0 Å². The fourth-order valence-electron chi connectivity index (χ4n) is 3.77. The molecule has 2 aliphatic rings. The highest BCUT2D eigenvalue weighted by Crippen LogP contribution is 2.28. The van der Waals surface area contributed by atoms with E-state index in [9.17, 15) is 9.59 Å². The topological polar surface area (TPSA) is 76.9 Å². The largest absolute Gasteiger partial charge is 0.300 e. The van der Waals surface area contributed by atoms with Gasteiger partial charge in [-0.15, -0.1) is 11.3 Å². The summed E-state index contributed by atoms with van der Waals surface area (Å²) in [5.41, 5.74) is 2.95. The van der Waals surface area contributed by atoms with Gasteiger partial charge >= 0.3 is 0 Å². The van der Waals surface area contributed by atoms with E-state index in [-0.39, 0.29) is 18.0 Å². The van der Waals surface area contributed by atoms with E-state index in [0.717, 1.165) is 55.5 Å². The third kappa shape index (κ3) is 3.87. The first-order valence-corrected chi connectivity index (χ1v) is 10.4. The molecule has 0 saturated carbocycles. The van der Waals surface area contributed by atoms with Crippen LogP contribution in [0.3, 0.4) is 0 Å². The van der Waals surface area contributed by atoms with Crippen molar-refractivity contribution in [2.75, 3.05) is 5.32 Å². The van der Waals surface area contributed by atoms with E-state index in [4.69, 9.17) is 0 Å². The highest BCUT2D eigenvalue weighted by Gasteiger charge is 2.17. The lowest BCUT2D eigenvalue weighted by Crippen LogP contribution is -2.30. The Morgan fingerprint density at radius 2 is 1.77 bits per heavy atom. The molecule has 0 atom stereocenters. The Kier molecular flexibility index (Phi) is 5.15. The average molecular weight is 372 g/mol. The van der Waals surface area contributed by atoms with Crippen LogP contribution in [0.5, 0.6) is 0 Å². The molecule has 0 unspecified atom stereocenters. The SMILES string of the molecule is O=C(Cn1nc2c(cc1=O)CCCCC2)Nc1nc2c(s1)CCCCC2. The number of aryl methyl sites for hydroxylation is 4. The maximum atomic E-state index is 12.4. The first kappa shape index (κ1) is 17.4. The van der Waals surface area contributed by atoms with Crippen molar-refractivity contribution < 1.29 is 4.79 Å². The van der Waals surface area contributed by atoms with Gasteiger partial charge in [-0.3, -0.25) is 9.59 Å². The smallest absolute Gasteiger partial charge is 0.267 e. The second kappa shape index (κ2) is 7.70. The van der Waals surface area contributed by atoms with Gasteiger partial charge in [0.05, 0.1) is 11.4 Å². The summed E-state index contributed by atoms with van der Waals surface area (Å²) in [6.45, 7) is -0.0592. The number of amides is 1.